The Morgan fingerprint density at radius 2 is 2.15 bits per heavy atom. The molecule has 6 nitrogen and oxygen atoms in total. The molecule has 1 fully saturated rings. The lowest BCUT2D eigenvalue weighted by Crippen LogP contribution is -2.58. The summed E-state index contributed by atoms with van der Waals surface area (Å²) < 4.78 is 13.4. The Labute approximate surface area is 114 Å². The van der Waals surface area contributed by atoms with E-state index >= 15 is 0 Å². The van der Waals surface area contributed by atoms with Gasteiger partial charge in [0.1, 0.15) is 12.4 Å². The number of hydrogen-bond donors (Lipinski definition) is 2. The van der Waals surface area contributed by atoms with E-state index in [1.165, 1.54) is 18.2 Å². The number of carbonyl (C=O) groups excluding carboxylic acids is 3. The fourth-order valence-electron chi connectivity index (χ4n) is 1.84. The lowest BCUT2D eigenvalue weighted by molar-refractivity contribution is -0.150. The Hall–Kier alpha value is -2.28. The van der Waals surface area contributed by atoms with Crippen molar-refractivity contribution in [1.82, 2.24) is 10.2 Å². The van der Waals surface area contributed by atoms with Gasteiger partial charge in [-0.25, -0.2) is 4.39 Å². The Morgan fingerprint density at radius 1 is 1.45 bits per heavy atom. The molecule has 0 aliphatic carbocycles. The number of piperazine rings is 1. The fourth-order valence-corrected chi connectivity index (χ4v) is 1.84. The minimum absolute atomic E-state index is 0.000114. The van der Waals surface area contributed by atoms with E-state index in [1.807, 2.05) is 0 Å². The van der Waals surface area contributed by atoms with Gasteiger partial charge in [0.05, 0.1) is 18.3 Å². The van der Waals surface area contributed by atoms with Crippen molar-refractivity contribution in [3.05, 3.63) is 30.1 Å². The standard InChI is InChI=1S/C13H14FN3O3/c1-8-13(20)17(12(19)6-15-8)7-11(18)16-10-5-3-2-4-9(10)14/h2-5,8,15H,6-7H2,1H3,(H,16,18). The van der Waals surface area contributed by atoms with Gasteiger partial charge >= 0.3 is 0 Å². The molecule has 1 atom stereocenters. The average Bonchev–Trinajstić information content (AvgIpc) is 2.42. The van der Waals surface area contributed by atoms with E-state index < -0.39 is 36.1 Å². The number of nitrogens with one attached hydrogen (secondary N) is 2. The minimum Gasteiger partial charge on any atom is -0.322 e. The van der Waals surface area contributed by atoms with Gasteiger partial charge in [-0.1, -0.05) is 12.1 Å². The van der Waals surface area contributed by atoms with E-state index in [0.29, 0.717) is 0 Å². The Morgan fingerprint density at radius 3 is 2.85 bits per heavy atom. The number of hydrogen-bond acceptors (Lipinski definition) is 4. The van der Waals surface area contributed by atoms with E-state index in [1.54, 1.807) is 13.0 Å². The van der Waals surface area contributed by atoms with Crippen LogP contribution in [0.4, 0.5) is 10.1 Å². The molecule has 1 aliphatic rings. The largest absolute Gasteiger partial charge is 0.322 e. The van der Waals surface area contributed by atoms with Crippen molar-refractivity contribution < 1.29 is 18.8 Å². The second kappa shape index (κ2) is 5.79. The molecule has 0 saturated carbocycles. The zero-order valence-corrected chi connectivity index (χ0v) is 10.9. The number of anilines is 1. The molecule has 0 aromatic heterocycles. The molecule has 0 spiro atoms. The van der Waals surface area contributed by atoms with Gasteiger partial charge in [0.2, 0.25) is 17.7 Å². The van der Waals surface area contributed by atoms with Crippen molar-refractivity contribution in [1.29, 1.82) is 0 Å². The van der Waals surface area contributed by atoms with Crippen molar-refractivity contribution in [2.75, 3.05) is 18.4 Å². The molecular formula is C13H14FN3O3. The predicted molar refractivity (Wildman–Crippen MR) is 69.2 cm³/mol. The van der Waals surface area contributed by atoms with Gasteiger partial charge in [-0.3, -0.25) is 24.6 Å². The molecule has 0 bridgehead atoms. The van der Waals surface area contributed by atoms with Crippen LogP contribution in [0.1, 0.15) is 6.92 Å². The molecule has 1 saturated heterocycles. The van der Waals surface area contributed by atoms with Gasteiger partial charge in [0.25, 0.3) is 0 Å². The maximum atomic E-state index is 13.4. The minimum atomic E-state index is -0.620. The molecule has 20 heavy (non-hydrogen) atoms. The molecule has 0 radical (unpaired) electrons. The lowest BCUT2D eigenvalue weighted by Gasteiger charge is -2.29. The SMILES string of the molecule is CC1NCC(=O)N(CC(=O)Nc2ccccc2F)C1=O. The summed E-state index contributed by atoms with van der Waals surface area (Å²) in [6.45, 7) is 1.19. The zero-order chi connectivity index (χ0) is 14.7. The lowest BCUT2D eigenvalue weighted by atomic mass is 10.2. The number of benzene rings is 1. The van der Waals surface area contributed by atoms with Crippen LogP contribution >= 0.6 is 0 Å². The highest BCUT2D eigenvalue weighted by atomic mass is 19.1. The second-order valence-electron chi connectivity index (χ2n) is 4.45. The average molecular weight is 279 g/mol. The van der Waals surface area contributed by atoms with Crippen LogP contribution in [-0.4, -0.2) is 41.8 Å². The second-order valence-corrected chi connectivity index (χ2v) is 4.45. The van der Waals surface area contributed by atoms with Crippen LogP contribution in [0.3, 0.4) is 0 Å². The molecule has 1 aliphatic heterocycles. The van der Waals surface area contributed by atoms with Crippen LogP contribution in [0.25, 0.3) is 0 Å². The van der Waals surface area contributed by atoms with Crippen molar-refractivity contribution in [2.24, 2.45) is 0 Å². The number of rotatable bonds is 3. The summed E-state index contributed by atoms with van der Waals surface area (Å²) in [6, 6.07) is 5.16. The maximum absolute atomic E-state index is 13.4. The molecule has 1 unspecified atom stereocenters. The van der Waals surface area contributed by atoms with E-state index in [9.17, 15) is 18.8 Å². The molecule has 1 aromatic rings. The van der Waals surface area contributed by atoms with Gasteiger partial charge < -0.3 is 5.32 Å². The van der Waals surface area contributed by atoms with Crippen LogP contribution in [-0.2, 0) is 14.4 Å². The summed E-state index contributed by atoms with van der Waals surface area (Å²) in [7, 11) is 0. The highest BCUT2D eigenvalue weighted by Gasteiger charge is 2.32. The molecule has 7 heteroatoms. The quantitative estimate of drug-likeness (QED) is 0.770. The van der Waals surface area contributed by atoms with Crippen molar-refractivity contribution >= 4 is 23.4 Å². The molecular weight excluding hydrogens is 265 g/mol. The third-order valence-electron chi connectivity index (χ3n) is 2.95. The normalized spacial score (nSPS) is 19.1. The third-order valence-corrected chi connectivity index (χ3v) is 2.95. The summed E-state index contributed by atoms with van der Waals surface area (Å²) in [4.78, 5) is 36.0. The number of para-hydroxylation sites is 1. The smallest absolute Gasteiger partial charge is 0.246 e. The van der Waals surface area contributed by atoms with Gasteiger partial charge in [0.15, 0.2) is 0 Å². The summed E-state index contributed by atoms with van der Waals surface area (Å²) in [6.07, 6.45) is 0. The van der Waals surface area contributed by atoms with Crippen LogP contribution in [0.2, 0.25) is 0 Å². The number of amides is 3. The van der Waals surface area contributed by atoms with Gasteiger partial charge in [0, 0.05) is 0 Å². The van der Waals surface area contributed by atoms with E-state index in [4.69, 9.17) is 0 Å². The fraction of sp³-hybridized carbons (Fsp3) is 0.308. The predicted octanol–water partition coefficient (Wildman–Crippen LogP) is 0.111. The Kier molecular flexibility index (Phi) is 4.09. The van der Waals surface area contributed by atoms with Gasteiger partial charge in [-0.15, -0.1) is 0 Å². The van der Waals surface area contributed by atoms with Crippen molar-refractivity contribution in [2.45, 2.75) is 13.0 Å². The third kappa shape index (κ3) is 3.00. The Balaban J connectivity index is 2.02. The molecule has 106 valence electrons. The number of carbonyl (C=O) groups is 3. The highest BCUT2D eigenvalue weighted by Crippen LogP contribution is 2.12. The summed E-state index contributed by atoms with van der Waals surface area (Å²) in [5, 5.41) is 5.04. The van der Waals surface area contributed by atoms with Crippen LogP contribution in [0, 0.1) is 5.82 Å². The number of nitrogens with zero attached hydrogens (tertiary/aromatic N) is 1. The highest BCUT2D eigenvalue weighted by molar-refractivity contribution is 6.05. The molecule has 1 aromatic carbocycles. The first-order valence-electron chi connectivity index (χ1n) is 6.11. The van der Waals surface area contributed by atoms with Crippen molar-refractivity contribution in [3.63, 3.8) is 0 Å². The van der Waals surface area contributed by atoms with Crippen LogP contribution in [0.15, 0.2) is 24.3 Å². The summed E-state index contributed by atoms with van der Waals surface area (Å²) >= 11 is 0. The van der Waals surface area contributed by atoms with Crippen molar-refractivity contribution in [3.8, 4) is 0 Å². The van der Waals surface area contributed by atoms with Gasteiger partial charge in [-0.2, -0.15) is 0 Å². The van der Waals surface area contributed by atoms with E-state index in [-0.39, 0.29) is 12.2 Å². The summed E-state index contributed by atoms with van der Waals surface area (Å²) in [5.74, 6) is -2.14. The van der Waals surface area contributed by atoms with Gasteiger partial charge in [-0.05, 0) is 19.1 Å². The first-order valence-corrected chi connectivity index (χ1v) is 6.11. The monoisotopic (exact) mass is 279 g/mol. The number of halogens is 1. The maximum Gasteiger partial charge on any atom is 0.246 e. The van der Waals surface area contributed by atoms with Crippen LogP contribution < -0.4 is 10.6 Å². The topological polar surface area (TPSA) is 78.5 Å². The molecule has 3 amide bonds. The molecule has 1 heterocycles. The first-order chi connectivity index (χ1) is 9.49. The zero-order valence-electron chi connectivity index (χ0n) is 10.9. The van der Waals surface area contributed by atoms with Crippen LogP contribution in [0.5, 0.6) is 0 Å². The molecule has 2 rings (SSSR count). The first kappa shape index (κ1) is 14.1. The summed E-state index contributed by atoms with van der Waals surface area (Å²) in [5.41, 5.74) is 0.0144. The Bertz CT molecular complexity index is 562. The number of imide groups is 1. The van der Waals surface area contributed by atoms with E-state index in [0.717, 1.165) is 4.90 Å². The molecule has 2 N–H and O–H groups in total. The van der Waals surface area contributed by atoms with E-state index in [2.05, 4.69) is 10.6 Å².